The average Bonchev–Trinajstić information content (AvgIpc) is 3.16. The fourth-order valence-corrected chi connectivity index (χ4v) is 3.69. The Balaban J connectivity index is 1.56. The number of thiazole rings is 1. The number of rotatable bonds is 5. The Hall–Kier alpha value is -2.32. The topological polar surface area (TPSA) is 93.8 Å². The lowest BCUT2D eigenvalue weighted by Gasteiger charge is -2.04. The van der Waals surface area contributed by atoms with E-state index in [1.165, 1.54) is 17.3 Å². The lowest BCUT2D eigenvalue weighted by molar-refractivity contribution is 0.0950. The van der Waals surface area contributed by atoms with Crippen molar-refractivity contribution in [3.63, 3.8) is 0 Å². The summed E-state index contributed by atoms with van der Waals surface area (Å²) in [6.07, 6.45) is 3.66. The molecule has 0 aliphatic rings. The average molecular weight is 345 g/mol. The van der Waals surface area contributed by atoms with Crippen molar-refractivity contribution in [3.05, 3.63) is 45.5 Å². The van der Waals surface area contributed by atoms with E-state index in [9.17, 15) is 4.79 Å². The molecule has 3 aromatic heterocycles. The van der Waals surface area contributed by atoms with Crippen LogP contribution in [-0.2, 0) is 6.42 Å². The summed E-state index contributed by atoms with van der Waals surface area (Å²) in [6.45, 7) is 2.52. The Bertz CT molecular complexity index is 827. The third-order valence-corrected chi connectivity index (χ3v) is 5.07. The molecule has 3 aromatic rings. The number of aromatic nitrogens is 3. The number of hydrogen-bond donors (Lipinski definition) is 2. The zero-order valence-electron chi connectivity index (χ0n) is 12.4. The molecular weight excluding hydrogens is 330 g/mol. The van der Waals surface area contributed by atoms with Crippen molar-refractivity contribution in [3.8, 4) is 10.6 Å². The lowest BCUT2D eigenvalue weighted by atomic mass is 10.3. The van der Waals surface area contributed by atoms with Crippen molar-refractivity contribution in [2.45, 2.75) is 13.3 Å². The molecule has 0 saturated heterocycles. The van der Waals surface area contributed by atoms with Gasteiger partial charge in [-0.3, -0.25) is 4.79 Å². The van der Waals surface area contributed by atoms with Gasteiger partial charge in [0, 0.05) is 29.2 Å². The van der Waals surface area contributed by atoms with Crippen molar-refractivity contribution < 1.29 is 4.79 Å². The fraction of sp³-hybridized carbons (Fsp3) is 0.200. The molecule has 6 nitrogen and oxygen atoms in total. The molecule has 0 bridgehead atoms. The van der Waals surface area contributed by atoms with E-state index in [0.29, 0.717) is 6.54 Å². The van der Waals surface area contributed by atoms with Crippen LogP contribution in [0.2, 0.25) is 0 Å². The number of nitrogens with two attached hydrogens (primary N) is 1. The Labute approximate surface area is 141 Å². The molecule has 3 N–H and O–H groups in total. The molecule has 0 aliphatic carbocycles. The minimum Gasteiger partial charge on any atom is -0.382 e. The van der Waals surface area contributed by atoms with Crippen molar-refractivity contribution in [2.24, 2.45) is 0 Å². The molecule has 0 saturated carbocycles. The van der Waals surface area contributed by atoms with Crippen LogP contribution >= 0.6 is 22.7 Å². The molecule has 0 aromatic carbocycles. The van der Waals surface area contributed by atoms with Crippen LogP contribution in [0.3, 0.4) is 0 Å². The second-order valence-corrected chi connectivity index (χ2v) is 7.04. The number of carbonyl (C=O) groups excluding carboxylic acids is 1. The molecule has 118 valence electrons. The number of carbonyl (C=O) groups is 1. The van der Waals surface area contributed by atoms with Crippen molar-refractivity contribution in [1.82, 2.24) is 20.3 Å². The Morgan fingerprint density at radius 3 is 2.87 bits per heavy atom. The molecule has 0 fully saturated rings. The van der Waals surface area contributed by atoms with Crippen LogP contribution in [0.1, 0.15) is 20.4 Å². The van der Waals surface area contributed by atoms with Gasteiger partial charge in [0.05, 0.1) is 15.6 Å². The van der Waals surface area contributed by atoms with Crippen LogP contribution in [-0.4, -0.2) is 27.4 Å². The van der Waals surface area contributed by atoms with E-state index in [4.69, 9.17) is 5.73 Å². The standard InChI is InChI=1S/C15H15N5OS2/c1-9-20-11(8-22-9)12-3-2-10(23-12)4-5-19-15(21)13-14(16)18-7-6-17-13/h2-3,6-8H,4-5H2,1H3,(H2,16,18)(H,19,21). The third-order valence-electron chi connectivity index (χ3n) is 3.13. The van der Waals surface area contributed by atoms with E-state index in [0.717, 1.165) is 22.0 Å². The van der Waals surface area contributed by atoms with Crippen LogP contribution in [0.25, 0.3) is 10.6 Å². The van der Waals surface area contributed by atoms with Gasteiger partial charge in [-0.2, -0.15) is 0 Å². The first-order chi connectivity index (χ1) is 11.1. The Morgan fingerprint density at radius 1 is 1.30 bits per heavy atom. The molecule has 1 amide bonds. The van der Waals surface area contributed by atoms with E-state index in [-0.39, 0.29) is 17.4 Å². The predicted octanol–water partition coefficient (Wildman–Crippen LogP) is 2.52. The van der Waals surface area contributed by atoms with Gasteiger partial charge in [0.25, 0.3) is 5.91 Å². The van der Waals surface area contributed by atoms with Crippen molar-refractivity contribution >= 4 is 34.4 Å². The molecule has 3 rings (SSSR count). The van der Waals surface area contributed by atoms with Gasteiger partial charge in [-0.15, -0.1) is 22.7 Å². The van der Waals surface area contributed by atoms with E-state index in [1.54, 1.807) is 22.7 Å². The minimum absolute atomic E-state index is 0.141. The van der Waals surface area contributed by atoms with E-state index >= 15 is 0 Å². The summed E-state index contributed by atoms with van der Waals surface area (Å²) < 4.78 is 0. The van der Waals surface area contributed by atoms with Gasteiger partial charge in [0.15, 0.2) is 11.5 Å². The number of nitrogens with one attached hydrogen (secondary N) is 1. The number of amides is 1. The molecule has 0 radical (unpaired) electrons. The highest BCUT2D eigenvalue weighted by molar-refractivity contribution is 7.16. The smallest absolute Gasteiger partial charge is 0.273 e. The summed E-state index contributed by atoms with van der Waals surface area (Å²) in [6, 6.07) is 4.13. The molecule has 23 heavy (non-hydrogen) atoms. The quantitative estimate of drug-likeness (QED) is 0.741. The summed E-state index contributed by atoms with van der Waals surface area (Å²) in [5.74, 6) is -0.162. The van der Waals surface area contributed by atoms with Gasteiger partial charge in [-0.05, 0) is 25.5 Å². The maximum Gasteiger partial charge on any atom is 0.273 e. The zero-order chi connectivity index (χ0) is 16.2. The summed E-state index contributed by atoms with van der Waals surface area (Å²) in [7, 11) is 0. The van der Waals surface area contributed by atoms with Gasteiger partial charge in [-0.25, -0.2) is 15.0 Å². The Kier molecular flexibility index (Phi) is 4.63. The van der Waals surface area contributed by atoms with Gasteiger partial charge < -0.3 is 11.1 Å². The highest BCUT2D eigenvalue weighted by atomic mass is 32.1. The molecule has 0 unspecified atom stereocenters. The molecule has 0 spiro atoms. The largest absolute Gasteiger partial charge is 0.382 e. The first-order valence-electron chi connectivity index (χ1n) is 6.99. The number of thiophene rings is 1. The van der Waals surface area contributed by atoms with E-state index in [1.807, 2.05) is 6.92 Å². The summed E-state index contributed by atoms with van der Waals surface area (Å²) in [4.78, 5) is 26.6. The monoisotopic (exact) mass is 345 g/mol. The molecule has 8 heteroatoms. The summed E-state index contributed by atoms with van der Waals surface area (Å²) in [5.41, 5.74) is 6.81. The van der Waals surface area contributed by atoms with E-state index < -0.39 is 0 Å². The number of nitrogens with zero attached hydrogens (tertiary/aromatic N) is 3. The van der Waals surface area contributed by atoms with Gasteiger partial charge in [0.2, 0.25) is 0 Å². The Morgan fingerprint density at radius 2 is 2.13 bits per heavy atom. The maximum absolute atomic E-state index is 12.0. The second kappa shape index (κ2) is 6.84. The number of aryl methyl sites for hydroxylation is 1. The van der Waals surface area contributed by atoms with Crippen molar-refractivity contribution in [1.29, 1.82) is 0 Å². The summed E-state index contributed by atoms with van der Waals surface area (Å²) in [5, 5.41) is 5.93. The fourth-order valence-electron chi connectivity index (χ4n) is 2.03. The van der Waals surface area contributed by atoms with Crippen LogP contribution in [0, 0.1) is 6.92 Å². The van der Waals surface area contributed by atoms with Crippen LogP contribution < -0.4 is 11.1 Å². The van der Waals surface area contributed by atoms with Crippen LogP contribution in [0.15, 0.2) is 29.9 Å². The first kappa shape index (κ1) is 15.6. The number of nitrogen functional groups attached to an aromatic ring is 1. The van der Waals surface area contributed by atoms with Crippen molar-refractivity contribution in [2.75, 3.05) is 12.3 Å². The summed E-state index contributed by atoms with van der Waals surface area (Å²) >= 11 is 3.33. The molecular formula is C15H15N5OS2. The zero-order valence-corrected chi connectivity index (χ0v) is 14.1. The molecule has 0 aliphatic heterocycles. The van der Waals surface area contributed by atoms with Crippen LogP contribution in [0.5, 0.6) is 0 Å². The lowest BCUT2D eigenvalue weighted by Crippen LogP contribution is -2.27. The first-order valence-corrected chi connectivity index (χ1v) is 8.69. The normalized spacial score (nSPS) is 10.7. The SMILES string of the molecule is Cc1nc(-c2ccc(CCNC(=O)c3nccnc3N)s2)cs1. The third kappa shape index (κ3) is 3.72. The number of anilines is 1. The van der Waals surface area contributed by atoms with Gasteiger partial charge >= 0.3 is 0 Å². The maximum atomic E-state index is 12.0. The van der Waals surface area contributed by atoms with Gasteiger partial charge in [0.1, 0.15) is 0 Å². The highest BCUT2D eigenvalue weighted by Gasteiger charge is 2.11. The number of hydrogen-bond acceptors (Lipinski definition) is 7. The van der Waals surface area contributed by atoms with Gasteiger partial charge in [-0.1, -0.05) is 0 Å². The predicted molar refractivity (Wildman–Crippen MR) is 92.6 cm³/mol. The van der Waals surface area contributed by atoms with Crippen LogP contribution in [0.4, 0.5) is 5.82 Å². The second-order valence-electron chi connectivity index (χ2n) is 4.81. The van der Waals surface area contributed by atoms with E-state index in [2.05, 4.69) is 37.8 Å². The minimum atomic E-state index is -0.303. The molecule has 3 heterocycles. The highest BCUT2D eigenvalue weighted by Crippen LogP contribution is 2.29. The molecule has 0 atom stereocenters.